The van der Waals surface area contributed by atoms with E-state index in [0.717, 1.165) is 22.0 Å². The van der Waals surface area contributed by atoms with Gasteiger partial charge in [-0.15, -0.1) is 11.3 Å². The summed E-state index contributed by atoms with van der Waals surface area (Å²) in [6.07, 6.45) is 1.62. The molecule has 3 aromatic rings. The third-order valence-electron chi connectivity index (χ3n) is 2.49. The third-order valence-corrected chi connectivity index (χ3v) is 3.38. The molecule has 0 fully saturated rings. The molecule has 4 heteroatoms. The van der Waals surface area contributed by atoms with Crippen LogP contribution in [0.2, 0.25) is 0 Å². The molecule has 0 aliphatic rings. The number of nitriles is 1. The summed E-state index contributed by atoms with van der Waals surface area (Å²) >= 11 is 1.60. The Labute approximate surface area is 102 Å². The molecular weight excluding hydrogens is 232 g/mol. The molecule has 0 saturated carbocycles. The van der Waals surface area contributed by atoms with Crippen molar-refractivity contribution in [1.82, 2.24) is 4.98 Å². The molecule has 0 atom stereocenters. The van der Waals surface area contributed by atoms with Gasteiger partial charge in [0.15, 0.2) is 0 Å². The zero-order chi connectivity index (χ0) is 11.7. The van der Waals surface area contributed by atoms with Gasteiger partial charge in [0.05, 0.1) is 28.1 Å². The highest BCUT2D eigenvalue weighted by Crippen LogP contribution is 2.31. The van der Waals surface area contributed by atoms with Crippen LogP contribution in [-0.2, 0) is 0 Å². The van der Waals surface area contributed by atoms with Gasteiger partial charge in [0.2, 0.25) is 0 Å². The summed E-state index contributed by atoms with van der Waals surface area (Å²) in [7, 11) is 0. The van der Waals surface area contributed by atoms with E-state index in [0.29, 0.717) is 5.56 Å². The smallest absolute Gasteiger partial charge is 0.150 e. The van der Waals surface area contributed by atoms with E-state index in [2.05, 4.69) is 11.1 Å². The normalized spacial score (nSPS) is 10.3. The molecule has 3 aromatic heterocycles. The lowest BCUT2D eigenvalue weighted by atomic mass is 10.2. The maximum absolute atomic E-state index is 9.13. The third kappa shape index (κ3) is 1.67. The summed E-state index contributed by atoms with van der Waals surface area (Å²) in [5, 5.41) is 11.1. The van der Waals surface area contributed by atoms with Crippen molar-refractivity contribution in [2.24, 2.45) is 0 Å². The summed E-state index contributed by atoms with van der Waals surface area (Å²) in [5.74, 6) is 0.740. The summed E-state index contributed by atoms with van der Waals surface area (Å²) < 4.78 is 5.31. The van der Waals surface area contributed by atoms with E-state index in [4.69, 9.17) is 9.68 Å². The lowest BCUT2D eigenvalue weighted by Crippen LogP contribution is -1.76. The van der Waals surface area contributed by atoms with Crippen LogP contribution in [0, 0.1) is 11.3 Å². The first kappa shape index (κ1) is 9.94. The van der Waals surface area contributed by atoms with Gasteiger partial charge in [-0.25, -0.2) is 0 Å². The van der Waals surface area contributed by atoms with Crippen LogP contribution in [0.5, 0.6) is 0 Å². The zero-order valence-electron chi connectivity index (χ0n) is 8.81. The van der Waals surface area contributed by atoms with Crippen LogP contribution >= 0.6 is 11.3 Å². The number of thiophene rings is 1. The van der Waals surface area contributed by atoms with Crippen LogP contribution in [0.25, 0.3) is 22.0 Å². The van der Waals surface area contributed by atoms with Crippen LogP contribution in [-0.4, -0.2) is 4.98 Å². The van der Waals surface area contributed by atoms with Gasteiger partial charge in [-0.1, -0.05) is 6.07 Å². The Morgan fingerprint density at radius 2 is 2.24 bits per heavy atom. The molecule has 0 unspecified atom stereocenters. The summed E-state index contributed by atoms with van der Waals surface area (Å²) in [5.41, 5.74) is 2.32. The minimum atomic E-state index is 0.638. The molecule has 0 spiro atoms. The maximum atomic E-state index is 9.13. The summed E-state index contributed by atoms with van der Waals surface area (Å²) in [4.78, 5) is 4.29. The zero-order valence-corrected chi connectivity index (χ0v) is 9.62. The molecule has 0 aromatic carbocycles. The molecule has 3 rings (SSSR count). The average Bonchev–Trinajstić information content (AvgIpc) is 3.09. The predicted molar refractivity (Wildman–Crippen MR) is 66.5 cm³/mol. The van der Waals surface area contributed by atoms with Gasteiger partial charge in [-0.2, -0.15) is 5.26 Å². The standard InChI is InChI=1S/C13H8N2OS/c14-8-9-7-10(11-3-1-5-16-11)15-13(9)12-4-2-6-17-12/h1-7,15H. The van der Waals surface area contributed by atoms with Gasteiger partial charge in [0.25, 0.3) is 0 Å². The van der Waals surface area contributed by atoms with Crippen molar-refractivity contribution in [3.05, 3.63) is 47.5 Å². The number of nitrogens with zero attached hydrogens (tertiary/aromatic N) is 1. The van der Waals surface area contributed by atoms with E-state index in [1.165, 1.54) is 0 Å². The van der Waals surface area contributed by atoms with Gasteiger partial charge in [-0.05, 0) is 29.6 Å². The molecule has 0 saturated heterocycles. The van der Waals surface area contributed by atoms with E-state index in [1.807, 2.05) is 35.7 Å². The molecule has 0 bridgehead atoms. The minimum Gasteiger partial charge on any atom is -0.463 e. The molecule has 3 heterocycles. The van der Waals surface area contributed by atoms with E-state index >= 15 is 0 Å². The van der Waals surface area contributed by atoms with Crippen molar-refractivity contribution in [3.8, 4) is 28.1 Å². The number of aromatic amines is 1. The number of hydrogen-bond donors (Lipinski definition) is 1. The second kappa shape index (κ2) is 3.96. The Kier molecular flexibility index (Phi) is 2.32. The van der Waals surface area contributed by atoms with Crippen molar-refractivity contribution in [1.29, 1.82) is 5.26 Å². The molecule has 0 amide bonds. The predicted octanol–water partition coefficient (Wildman–Crippen LogP) is 3.87. The number of aromatic nitrogens is 1. The maximum Gasteiger partial charge on any atom is 0.150 e. The van der Waals surface area contributed by atoms with Gasteiger partial charge in [0.1, 0.15) is 11.8 Å². The monoisotopic (exact) mass is 240 g/mol. The SMILES string of the molecule is N#Cc1cc(-c2ccco2)[nH]c1-c1cccs1. The fourth-order valence-electron chi connectivity index (χ4n) is 1.72. The Morgan fingerprint density at radius 1 is 1.29 bits per heavy atom. The molecule has 1 N–H and O–H groups in total. The number of nitrogens with one attached hydrogen (secondary N) is 1. The first-order chi connectivity index (χ1) is 8.38. The second-order valence-corrected chi connectivity index (χ2v) is 4.49. The lowest BCUT2D eigenvalue weighted by Gasteiger charge is -1.93. The van der Waals surface area contributed by atoms with Crippen molar-refractivity contribution in [2.75, 3.05) is 0 Å². The minimum absolute atomic E-state index is 0.638. The summed E-state index contributed by atoms with van der Waals surface area (Å²) in [6.45, 7) is 0. The lowest BCUT2D eigenvalue weighted by molar-refractivity contribution is 0.580. The second-order valence-electron chi connectivity index (χ2n) is 3.54. The largest absolute Gasteiger partial charge is 0.463 e. The molecular formula is C13H8N2OS. The molecule has 17 heavy (non-hydrogen) atoms. The molecule has 3 nitrogen and oxygen atoms in total. The first-order valence-electron chi connectivity index (χ1n) is 5.09. The molecule has 0 aliphatic carbocycles. The number of rotatable bonds is 2. The van der Waals surface area contributed by atoms with Crippen molar-refractivity contribution in [3.63, 3.8) is 0 Å². The molecule has 0 radical (unpaired) electrons. The highest BCUT2D eigenvalue weighted by Gasteiger charge is 2.12. The average molecular weight is 240 g/mol. The fraction of sp³-hybridized carbons (Fsp3) is 0. The van der Waals surface area contributed by atoms with Gasteiger partial charge >= 0.3 is 0 Å². The van der Waals surface area contributed by atoms with Gasteiger partial charge in [-0.3, -0.25) is 0 Å². The van der Waals surface area contributed by atoms with E-state index in [-0.39, 0.29) is 0 Å². The van der Waals surface area contributed by atoms with Crippen LogP contribution in [0.1, 0.15) is 5.56 Å². The molecule has 82 valence electrons. The highest BCUT2D eigenvalue weighted by atomic mass is 32.1. The Balaban J connectivity index is 2.15. The van der Waals surface area contributed by atoms with Crippen molar-refractivity contribution >= 4 is 11.3 Å². The van der Waals surface area contributed by atoms with Crippen LogP contribution < -0.4 is 0 Å². The van der Waals surface area contributed by atoms with Gasteiger partial charge < -0.3 is 9.40 Å². The van der Waals surface area contributed by atoms with Crippen LogP contribution in [0.3, 0.4) is 0 Å². The number of furan rings is 1. The van der Waals surface area contributed by atoms with E-state index in [1.54, 1.807) is 17.6 Å². The van der Waals surface area contributed by atoms with Crippen molar-refractivity contribution < 1.29 is 4.42 Å². The first-order valence-corrected chi connectivity index (χ1v) is 5.97. The van der Waals surface area contributed by atoms with E-state index < -0.39 is 0 Å². The Morgan fingerprint density at radius 3 is 2.88 bits per heavy atom. The molecule has 0 aliphatic heterocycles. The fourth-order valence-corrected chi connectivity index (χ4v) is 2.46. The Hall–Kier alpha value is -2.25. The Bertz CT molecular complexity index is 657. The summed E-state index contributed by atoms with van der Waals surface area (Å²) in [6, 6.07) is 11.7. The quantitative estimate of drug-likeness (QED) is 0.739. The van der Waals surface area contributed by atoms with E-state index in [9.17, 15) is 0 Å². The topological polar surface area (TPSA) is 52.7 Å². The van der Waals surface area contributed by atoms with Crippen LogP contribution in [0.15, 0.2) is 46.4 Å². The van der Waals surface area contributed by atoms with Gasteiger partial charge in [0, 0.05) is 0 Å². The highest BCUT2D eigenvalue weighted by molar-refractivity contribution is 7.13. The number of hydrogen-bond acceptors (Lipinski definition) is 3. The number of H-pyrrole nitrogens is 1. The van der Waals surface area contributed by atoms with Crippen molar-refractivity contribution in [2.45, 2.75) is 0 Å². The van der Waals surface area contributed by atoms with Crippen LogP contribution in [0.4, 0.5) is 0 Å².